The van der Waals surface area contributed by atoms with E-state index in [1.165, 1.54) is 24.9 Å². The minimum Gasteiger partial charge on any atom is -0.381 e. The van der Waals surface area contributed by atoms with Gasteiger partial charge in [-0.25, -0.2) is 18.1 Å². The van der Waals surface area contributed by atoms with Gasteiger partial charge in [0.25, 0.3) is 0 Å². The summed E-state index contributed by atoms with van der Waals surface area (Å²) in [5, 5.41) is 4.95. The zero-order valence-electron chi connectivity index (χ0n) is 19.3. The molecular formula is C25H34N4O3S. The fourth-order valence-corrected chi connectivity index (χ4v) is 7.84. The molecule has 1 aromatic heterocycles. The lowest BCUT2D eigenvalue weighted by atomic mass is 9.93. The van der Waals surface area contributed by atoms with E-state index >= 15 is 0 Å². The highest BCUT2D eigenvalue weighted by molar-refractivity contribution is 7.91. The molecule has 6 rings (SSSR count). The van der Waals surface area contributed by atoms with Crippen LogP contribution in [0.3, 0.4) is 0 Å². The number of benzene rings is 1. The van der Waals surface area contributed by atoms with Crippen LogP contribution in [0.4, 0.5) is 5.69 Å². The molecule has 0 bridgehead atoms. The maximum atomic E-state index is 12.4. The predicted octanol–water partition coefficient (Wildman–Crippen LogP) is 3.97. The molecule has 3 saturated heterocycles. The van der Waals surface area contributed by atoms with Gasteiger partial charge in [0.1, 0.15) is 5.82 Å². The van der Waals surface area contributed by atoms with E-state index in [9.17, 15) is 8.42 Å². The predicted molar refractivity (Wildman–Crippen MR) is 128 cm³/mol. The summed E-state index contributed by atoms with van der Waals surface area (Å²) in [6, 6.07) is 8.52. The Morgan fingerprint density at radius 2 is 1.76 bits per heavy atom. The van der Waals surface area contributed by atoms with Gasteiger partial charge in [0.2, 0.25) is 0 Å². The van der Waals surface area contributed by atoms with Crippen LogP contribution in [-0.4, -0.2) is 61.0 Å². The van der Waals surface area contributed by atoms with Gasteiger partial charge in [-0.2, -0.15) is 5.10 Å². The van der Waals surface area contributed by atoms with Crippen LogP contribution in [0, 0.1) is 5.41 Å². The smallest absolute Gasteiger partial charge is 0.181 e. The first-order valence-corrected chi connectivity index (χ1v) is 14.5. The first kappa shape index (κ1) is 21.6. The van der Waals surface area contributed by atoms with E-state index in [0.717, 1.165) is 69.2 Å². The third kappa shape index (κ3) is 4.20. The average Bonchev–Trinajstić information content (AvgIpc) is 3.33. The summed E-state index contributed by atoms with van der Waals surface area (Å²) in [6.07, 6.45) is 8.64. The Hall–Kier alpha value is -1.93. The Balaban J connectivity index is 1.32. The zero-order chi connectivity index (χ0) is 22.5. The van der Waals surface area contributed by atoms with Crippen LogP contribution in [0.5, 0.6) is 0 Å². The van der Waals surface area contributed by atoms with Crippen molar-refractivity contribution in [2.45, 2.75) is 63.3 Å². The molecule has 1 spiro atoms. The van der Waals surface area contributed by atoms with Crippen molar-refractivity contribution in [1.82, 2.24) is 14.8 Å². The number of sulfone groups is 1. The summed E-state index contributed by atoms with van der Waals surface area (Å²) in [7, 11) is -3.02. The van der Waals surface area contributed by atoms with Crippen molar-refractivity contribution in [3.63, 3.8) is 0 Å². The van der Waals surface area contributed by atoms with Gasteiger partial charge in [0.15, 0.2) is 15.7 Å². The van der Waals surface area contributed by atoms with E-state index in [4.69, 9.17) is 14.8 Å². The van der Waals surface area contributed by atoms with Crippen LogP contribution in [0.25, 0.3) is 11.4 Å². The number of anilines is 1. The van der Waals surface area contributed by atoms with Crippen LogP contribution in [-0.2, 0) is 14.6 Å². The van der Waals surface area contributed by atoms with Crippen molar-refractivity contribution in [2.24, 2.45) is 5.41 Å². The molecule has 4 heterocycles. The number of nitrogens with zero attached hydrogens (tertiary/aromatic N) is 4. The molecule has 33 heavy (non-hydrogen) atoms. The molecule has 3 aliphatic heterocycles. The van der Waals surface area contributed by atoms with Gasteiger partial charge in [0, 0.05) is 43.5 Å². The van der Waals surface area contributed by atoms with Crippen LogP contribution in [0.1, 0.15) is 69.2 Å². The van der Waals surface area contributed by atoms with E-state index in [1.54, 1.807) is 0 Å². The lowest BCUT2D eigenvalue weighted by Crippen LogP contribution is -2.29. The Morgan fingerprint density at radius 3 is 2.48 bits per heavy atom. The van der Waals surface area contributed by atoms with Crippen molar-refractivity contribution in [1.29, 1.82) is 0 Å². The molecule has 0 amide bonds. The molecule has 4 fully saturated rings. The Bertz CT molecular complexity index is 1100. The molecule has 2 unspecified atom stereocenters. The molecule has 0 N–H and O–H groups in total. The van der Waals surface area contributed by atoms with E-state index in [-0.39, 0.29) is 17.2 Å². The van der Waals surface area contributed by atoms with Gasteiger partial charge in [-0.05, 0) is 81.0 Å². The van der Waals surface area contributed by atoms with Crippen molar-refractivity contribution in [3.8, 4) is 11.4 Å². The Morgan fingerprint density at radius 1 is 1.00 bits per heavy atom. The second-order valence-electron chi connectivity index (χ2n) is 10.5. The first-order chi connectivity index (χ1) is 16.0. The fraction of sp³-hybridized carbons (Fsp3) is 0.680. The molecule has 2 aromatic rings. The van der Waals surface area contributed by atoms with E-state index in [2.05, 4.69) is 29.2 Å². The SMILES string of the molecule is O=S1(=O)CCCC(n2nc(-c3ccc(N4CCCCC4)cc3)nc2C2CC23CCOCC3)C1. The summed E-state index contributed by atoms with van der Waals surface area (Å²) < 4.78 is 32.4. The first-order valence-electron chi connectivity index (χ1n) is 12.6. The maximum Gasteiger partial charge on any atom is 0.181 e. The second-order valence-corrected chi connectivity index (χ2v) is 12.7. The number of hydrogen-bond donors (Lipinski definition) is 0. The molecule has 1 aromatic carbocycles. The largest absolute Gasteiger partial charge is 0.381 e. The van der Waals surface area contributed by atoms with Gasteiger partial charge in [0.05, 0.1) is 17.5 Å². The van der Waals surface area contributed by atoms with Crippen LogP contribution in [0.2, 0.25) is 0 Å². The average molecular weight is 471 g/mol. The van der Waals surface area contributed by atoms with Crippen molar-refractivity contribution >= 4 is 15.5 Å². The number of aromatic nitrogens is 3. The van der Waals surface area contributed by atoms with Crippen molar-refractivity contribution < 1.29 is 13.2 Å². The Kier molecular flexibility index (Phi) is 5.48. The third-order valence-electron chi connectivity index (χ3n) is 8.28. The summed E-state index contributed by atoms with van der Waals surface area (Å²) >= 11 is 0. The van der Waals surface area contributed by atoms with Gasteiger partial charge < -0.3 is 9.64 Å². The second kappa shape index (κ2) is 8.38. The van der Waals surface area contributed by atoms with Crippen LogP contribution >= 0.6 is 0 Å². The standard InChI is InChI=1S/C25H34N4O3S/c30-33(31)16-4-5-21(18-33)29-24(22-17-25(22)10-14-32-15-11-25)26-23(27-29)19-6-8-20(9-7-19)28-12-2-1-3-13-28/h6-9,21-22H,1-5,10-18H2. The highest BCUT2D eigenvalue weighted by atomic mass is 32.2. The molecular weight excluding hydrogens is 436 g/mol. The van der Waals surface area contributed by atoms with Gasteiger partial charge in [-0.3, -0.25) is 0 Å². The molecule has 1 aliphatic carbocycles. The van der Waals surface area contributed by atoms with Crippen LogP contribution in [0.15, 0.2) is 24.3 Å². The monoisotopic (exact) mass is 470 g/mol. The van der Waals surface area contributed by atoms with Crippen molar-refractivity contribution in [2.75, 3.05) is 42.7 Å². The number of ether oxygens (including phenoxy) is 1. The summed E-state index contributed by atoms with van der Waals surface area (Å²) in [4.78, 5) is 7.51. The number of rotatable bonds is 4. The number of hydrogen-bond acceptors (Lipinski definition) is 6. The molecule has 2 atom stereocenters. The lowest BCUT2D eigenvalue weighted by Gasteiger charge is -2.28. The minimum atomic E-state index is -3.02. The topological polar surface area (TPSA) is 77.3 Å². The Labute approximate surface area is 196 Å². The third-order valence-corrected chi connectivity index (χ3v) is 10.1. The van der Waals surface area contributed by atoms with Gasteiger partial charge in [-0.1, -0.05) is 0 Å². The van der Waals surface area contributed by atoms with Gasteiger partial charge >= 0.3 is 0 Å². The van der Waals surface area contributed by atoms with Crippen LogP contribution < -0.4 is 4.90 Å². The lowest BCUT2D eigenvalue weighted by molar-refractivity contribution is 0.0551. The summed E-state index contributed by atoms with van der Waals surface area (Å²) in [5.41, 5.74) is 2.54. The highest BCUT2D eigenvalue weighted by Crippen LogP contribution is 2.64. The summed E-state index contributed by atoms with van der Waals surface area (Å²) in [6.45, 7) is 3.88. The zero-order valence-corrected chi connectivity index (χ0v) is 20.1. The number of piperidine rings is 1. The highest BCUT2D eigenvalue weighted by Gasteiger charge is 2.57. The fourth-order valence-electron chi connectivity index (χ4n) is 6.17. The normalized spacial score (nSPS) is 28.7. The van der Waals surface area contributed by atoms with E-state index in [1.807, 2.05) is 4.68 Å². The molecule has 0 radical (unpaired) electrons. The van der Waals surface area contributed by atoms with E-state index < -0.39 is 9.84 Å². The van der Waals surface area contributed by atoms with Gasteiger partial charge in [-0.15, -0.1) is 0 Å². The minimum absolute atomic E-state index is 0.106. The molecule has 1 saturated carbocycles. The molecule has 178 valence electrons. The quantitative estimate of drug-likeness (QED) is 0.673. The molecule has 4 aliphatic rings. The van der Waals surface area contributed by atoms with Crippen molar-refractivity contribution in [3.05, 3.63) is 30.1 Å². The van der Waals surface area contributed by atoms with E-state index in [0.29, 0.717) is 18.1 Å². The molecule has 7 nitrogen and oxygen atoms in total. The summed E-state index contributed by atoms with van der Waals surface area (Å²) in [5.74, 6) is 2.56. The molecule has 8 heteroatoms. The maximum absolute atomic E-state index is 12.4.